The summed E-state index contributed by atoms with van der Waals surface area (Å²) in [6, 6.07) is 24.2. The van der Waals surface area contributed by atoms with Crippen LogP contribution in [0.5, 0.6) is 0 Å². The van der Waals surface area contributed by atoms with Crippen LogP contribution in [-0.4, -0.2) is 61.2 Å². The van der Waals surface area contributed by atoms with Gasteiger partial charge in [-0.3, -0.25) is 9.59 Å². The number of carbonyl (C=O) groups is 2. The lowest BCUT2D eigenvalue weighted by molar-refractivity contribution is -0.438. The fraction of sp³-hybridized carbons (Fsp3) is 0.478. The van der Waals surface area contributed by atoms with Crippen molar-refractivity contribution in [3.63, 3.8) is 0 Å². The summed E-state index contributed by atoms with van der Waals surface area (Å²) in [7, 11) is 0. The molecule has 8 nitrogen and oxygen atoms in total. The molecule has 12 heteroatoms. The van der Waals surface area contributed by atoms with Crippen molar-refractivity contribution in [3.05, 3.63) is 133 Å². The number of nitrogens with one attached hydrogen (secondary N) is 1. The van der Waals surface area contributed by atoms with E-state index >= 15 is 0 Å². The van der Waals surface area contributed by atoms with Crippen molar-refractivity contribution in [3.8, 4) is 20.9 Å². The maximum atomic E-state index is 14.2. The molecule has 0 spiro atoms. The number of nitrogens with zero attached hydrogens (tertiary/aromatic N) is 4. The molecule has 79 heavy (non-hydrogen) atoms. The Bertz CT molecular complexity index is 3310. The van der Waals surface area contributed by atoms with Gasteiger partial charge in [0, 0.05) is 102 Å². The van der Waals surface area contributed by atoms with Crippen LogP contribution in [0.3, 0.4) is 0 Å². The van der Waals surface area contributed by atoms with Gasteiger partial charge < -0.3 is 15.3 Å². The van der Waals surface area contributed by atoms with E-state index in [0.717, 1.165) is 91.8 Å². The highest BCUT2D eigenvalue weighted by atomic mass is 32.2. The number of aliphatic hydroxyl groups is 1. The molecule has 2 N–H and O–H groups in total. The summed E-state index contributed by atoms with van der Waals surface area (Å²) < 4.78 is 12.4. The Morgan fingerprint density at radius 1 is 0.734 bits per heavy atom. The quantitative estimate of drug-likeness (QED) is 0.0219. The summed E-state index contributed by atoms with van der Waals surface area (Å²) >= 11 is 6.98. The van der Waals surface area contributed by atoms with Crippen LogP contribution in [-0.2, 0) is 46.1 Å². The zero-order chi connectivity index (χ0) is 55.8. The molecule has 0 atom stereocenters. The van der Waals surface area contributed by atoms with Gasteiger partial charge in [-0.15, -0.1) is 34.4 Å². The van der Waals surface area contributed by atoms with Gasteiger partial charge in [-0.05, 0) is 112 Å². The summed E-state index contributed by atoms with van der Waals surface area (Å²) in [4.78, 5) is 36.8. The minimum absolute atomic E-state index is 0.0562. The number of carbonyl (C=O) groups excluding carboxylic acids is 2. The number of hydrogen-bond donors (Lipinski definition) is 2. The van der Waals surface area contributed by atoms with Gasteiger partial charge in [0.05, 0.1) is 28.3 Å². The summed E-state index contributed by atoms with van der Waals surface area (Å²) in [5, 5.41) is 15.0. The lowest BCUT2D eigenvalue weighted by Crippen LogP contribution is -2.32. The number of amides is 1. The minimum Gasteiger partial charge on any atom is -0.506 e. The molecule has 0 radical (unpaired) electrons. The number of allylic oxidation sites excluding steroid dienone is 5. The highest BCUT2D eigenvalue weighted by Gasteiger charge is 2.47. The van der Waals surface area contributed by atoms with Crippen molar-refractivity contribution in [2.45, 2.75) is 187 Å². The van der Waals surface area contributed by atoms with Crippen LogP contribution in [0, 0.1) is 0 Å². The Morgan fingerprint density at radius 3 is 2.06 bits per heavy atom. The maximum Gasteiger partial charge on any atom is 0.220 e. The SMILES string of the molecule is CCCCCCc1cc(-c2cc(SCCNC(=O)CCCC[N+]3=C(/C=C4/C(=O)C(/C=C5/N(CCCC)c6ccccc6C5(C)C)=C4O)C(C)(C)c4ccccc43)c(-c3cc(CCCCCC)c(CC)s3)c3nsnc23)sc1CC. The molecule has 3 aliphatic rings. The highest BCUT2D eigenvalue weighted by molar-refractivity contribution is 7.99. The first-order chi connectivity index (χ1) is 38.3. The van der Waals surface area contributed by atoms with E-state index in [9.17, 15) is 14.7 Å². The fourth-order valence-electron chi connectivity index (χ4n) is 12.1. The van der Waals surface area contributed by atoms with Gasteiger partial charge in [-0.25, -0.2) is 0 Å². The predicted molar refractivity (Wildman–Crippen MR) is 338 cm³/mol. The number of benzene rings is 3. The minimum atomic E-state index is -0.405. The molecule has 0 unspecified atom stereocenters. The van der Waals surface area contributed by atoms with Crippen molar-refractivity contribution in [1.82, 2.24) is 14.1 Å². The largest absolute Gasteiger partial charge is 0.506 e. The molecule has 5 heterocycles. The van der Waals surface area contributed by atoms with Crippen molar-refractivity contribution >= 4 is 86.0 Å². The number of para-hydroxylation sites is 2. The molecule has 0 saturated carbocycles. The molecule has 418 valence electrons. The average Bonchev–Trinajstić information content (AvgIpc) is 4.46. The Hall–Kier alpha value is -5.14. The van der Waals surface area contributed by atoms with Crippen LogP contribution in [0.25, 0.3) is 31.9 Å². The van der Waals surface area contributed by atoms with Gasteiger partial charge in [0.25, 0.3) is 0 Å². The van der Waals surface area contributed by atoms with Gasteiger partial charge in [0.2, 0.25) is 17.4 Å². The monoisotopic (exact) mass is 1130 g/mol. The van der Waals surface area contributed by atoms with E-state index < -0.39 is 5.41 Å². The predicted octanol–water partition coefficient (Wildman–Crippen LogP) is 17.8. The fourth-order valence-corrected chi connectivity index (χ4v) is 16.1. The third-order valence-corrected chi connectivity index (χ3v) is 20.9. The molecular formula is C67H84N5O3S4+. The standard InChI is InChI=1S/C67H83N5O3S4/c1-10-15-18-20-28-44-39-55(77-53(44)13-4)46-41-56(61(63-62(46)69-79-70-63)57-40-45(54(14-5)78-57)29-21-19-16-11-2)76-38-35-68-60(73)34-26-27-37-72-52-33-25-23-31-50(52)67(8,9)59(72)43-48-64(74)47(65(48)75)42-58-66(6,7)49-30-22-24-32-51(49)71(58)36-17-12-3/h22-25,30-33,39-43H,10-21,26-29,34-38H2,1-9H3,(H-,68,73,74,75)/p+1. The highest BCUT2D eigenvalue weighted by Crippen LogP contribution is 2.50. The number of fused-ring (bicyclic) bond motifs is 3. The number of aryl methyl sites for hydroxylation is 4. The summed E-state index contributed by atoms with van der Waals surface area (Å²) in [6.07, 6.45) is 22.2. The molecule has 0 fully saturated rings. The second-order valence-corrected chi connectivity index (χ2v) is 26.8. The van der Waals surface area contributed by atoms with Gasteiger partial charge in [0.15, 0.2) is 5.71 Å². The van der Waals surface area contributed by atoms with Crippen LogP contribution < -0.4 is 10.2 Å². The zero-order valence-corrected chi connectivity index (χ0v) is 51.8. The van der Waals surface area contributed by atoms with Gasteiger partial charge >= 0.3 is 0 Å². The first-order valence-corrected chi connectivity index (χ1v) is 33.1. The Kier molecular flexibility index (Phi) is 19.4. The van der Waals surface area contributed by atoms with E-state index in [1.807, 2.05) is 46.6 Å². The number of aromatic nitrogens is 2. The van der Waals surface area contributed by atoms with Gasteiger partial charge in [-0.1, -0.05) is 130 Å². The summed E-state index contributed by atoms with van der Waals surface area (Å²) in [6.45, 7) is 22.2. The topological polar surface area (TPSA) is 98.4 Å². The second-order valence-electron chi connectivity index (χ2n) is 22.9. The molecule has 1 aliphatic carbocycles. The number of anilines is 1. The molecule has 1 amide bonds. The van der Waals surface area contributed by atoms with Crippen molar-refractivity contribution in [1.29, 1.82) is 0 Å². The lowest BCUT2D eigenvalue weighted by Gasteiger charge is -2.29. The van der Waals surface area contributed by atoms with Crippen LogP contribution in [0.4, 0.5) is 11.4 Å². The number of rotatable bonds is 28. The number of thiophene rings is 2. The number of Topliss-reactive ketones (excluding diaryl/α,β-unsaturated/α-hetero) is 1. The zero-order valence-electron chi connectivity index (χ0n) is 48.5. The van der Waals surface area contributed by atoms with Crippen LogP contribution >= 0.6 is 46.2 Å². The van der Waals surface area contributed by atoms with Crippen molar-refractivity contribution < 1.29 is 19.3 Å². The third-order valence-electron chi connectivity index (χ3n) is 16.7. The Morgan fingerprint density at radius 2 is 1.38 bits per heavy atom. The van der Waals surface area contributed by atoms with Crippen molar-refractivity contribution in [2.24, 2.45) is 0 Å². The van der Waals surface area contributed by atoms with Gasteiger partial charge in [-0.2, -0.15) is 13.3 Å². The van der Waals surface area contributed by atoms with E-state index in [2.05, 4.69) is 144 Å². The maximum absolute atomic E-state index is 14.2. The molecule has 3 aromatic heterocycles. The second kappa shape index (κ2) is 26.2. The number of hydrogen-bond acceptors (Lipinski definition) is 10. The third kappa shape index (κ3) is 12.2. The van der Waals surface area contributed by atoms with Gasteiger partial charge in [0.1, 0.15) is 23.3 Å². The van der Waals surface area contributed by atoms with Crippen LogP contribution in [0.15, 0.2) is 106 Å². The first kappa shape index (κ1) is 58.5. The molecule has 9 rings (SSSR count). The van der Waals surface area contributed by atoms with E-state index in [1.165, 1.54) is 127 Å². The van der Waals surface area contributed by atoms with E-state index in [4.69, 9.17) is 8.75 Å². The molecule has 3 aromatic carbocycles. The molecule has 6 aromatic rings. The molecule has 2 aliphatic heterocycles. The number of ketones is 1. The number of aliphatic hydroxyl groups excluding tert-OH is 1. The normalized spacial score (nSPS) is 16.5. The first-order valence-electron chi connectivity index (χ1n) is 29.7. The smallest absolute Gasteiger partial charge is 0.220 e. The Balaban J connectivity index is 0.895. The van der Waals surface area contributed by atoms with Crippen LogP contribution in [0.2, 0.25) is 0 Å². The molecule has 0 bridgehead atoms. The number of unbranched alkanes of at least 4 members (excludes halogenated alkanes) is 8. The van der Waals surface area contributed by atoms with Crippen molar-refractivity contribution in [2.75, 3.05) is 30.3 Å². The number of thioether (sulfide) groups is 1. The lowest BCUT2D eigenvalue weighted by atomic mass is 9.77. The van der Waals surface area contributed by atoms with E-state index in [-0.39, 0.29) is 22.9 Å². The molecular weight excluding hydrogens is 1050 g/mol. The summed E-state index contributed by atoms with van der Waals surface area (Å²) in [5.74, 6) is 0.718. The van der Waals surface area contributed by atoms with Crippen LogP contribution in [0.1, 0.15) is 178 Å². The average molecular weight is 1140 g/mol. The van der Waals surface area contributed by atoms with E-state index in [0.29, 0.717) is 30.7 Å². The Labute approximate surface area is 488 Å². The summed E-state index contributed by atoms with van der Waals surface area (Å²) in [5.41, 5.74) is 14.0. The van der Waals surface area contributed by atoms with E-state index in [1.54, 1.807) is 0 Å². The molecule has 0 saturated heterocycles.